The van der Waals surface area contributed by atoms with E-state index in [0.29, 0.717) is 35.1 Å². The summed E-state index contributed by atoms with van der Waals surface area (Å²) < 4.78 is 10.1. The number of benzene rings is 1. The molecule has 1 aromatic carbocycles. The molecule has 0 radical (unpaired) electrons. The van der Waals surface area contributed by atoms with Gasteiger partial charge in [-0.15, -0.1) is 0 Å². The van der Waals surface area contributed by atoms with Crippen LogP contribution in [0.15, 0.2) is 18.2 Å². The Balaban J connectivity index is 0.000000157. The standard InChI is InChI=1S/C13H12Cl2O2.C7H10O2/c14-10-4-3-8(6-11(10)15)13-5-1-2-9(13)7-17-12(13)16;8-7-6-3-1-2-5(6)4-9-7/h3-4,6,9H,1-2,5,7H2;5-6H,1-4H2/t9-,13+;/m0./s1. The normalized spacial score (nSPS) is 34.6. The maximum Gasteiger partial charge on any atom is 0.316 e. The number of carbonyl (C=O) groups is 2. The van der Waals surface area contributed by atoms with Crippen molar-refractivity contribution in [3.8, 4) is 0 Å². The summed E-state index contributed by atoms with van der Waals surface area (Å²) in [4.78, 5) is 22.9. The second kappa shape index (κ2) is 7.05. The van der Waals surface area contributed by atoms with Gasteiger partial charge in [0.15, 0.2) is 0 Å². The van der Waals surface area contributed by atoms with Gasteiger partial charge in [0.1, 0.15) is 0 Å². The van der Waals surface area contributed by atoms with Crippen LogP contribution in [0.3, 0.4) is 0 Å². The zero-order valence-corrected chi connectivity index (χ0v) is 16.0. The Morgan fingerprint density at radius 2 is 1.81 bits per heavy atom. The summed E-state index contributed by atoms with van der Waals surface area (Å²) in [6.07, 6.45) is 6.48. The van der Waals surface area contributed by atoms with Gasteiger partial charge >= 0.3 is 11.9 Å². The third-order valence-electron chi connectivity index (χ3n) is 6.44. The molecule has 4 atom stereocenters. The quantitative estimate of drug-likeness (QED) is 0.653. The van der Waals surface area contributed by atoms with Crippen LogP contribution >= 0.6 is 23.2 Å². The van der Waals surface area contributed by atoms with Gasteiger partial charge in [-0.05, 0) is 43.4 Å². The van der Waals surface area contributed by atoms with E-state index in [0.717, 1.165) is 31.2 Å². The molecule has 2 aliphatic carbocycles. The molecule has 4 fully saturated rings. The SMILES string of the molecule is O=C1OCC2CCCC12.O=C1OC[C@@H]2CCC[C@]12c1ccc(Cl)c(Cl)c1. The van der Waals surface area contributed by atoms with E-state index >= 15 is 0 Å². The fourth-order valence-corrected chi connectivity index (χ4v) is 5.29. The monoisotopic (exact) mass is 396 g/mol. The molecule has 26 heavy (non-hydrogen) atoms. The third kappa shape index (κ3) is 2.91. The molecule has 4 aliphatic rings. The van der Waals surface area contributed by atoms with Gasteiger partial charge in [-0.3, -0.25) is 9.59 Å². The van der Waals surface area contributed by atoms with Crippen molar-refractivity contribution in [2.75, 3.05) is 13.2 Å². The molecular formula is C20H22Cl2O4. The van der Waals surface area contributed by atoms with Gasteiger partial charge in [0.05, 0.1) is 34.6 Å². The number of hydrogen-bond donors (Lipinski definition) is 0. The molecule has 0 aromatic heterocycles. The van der Waals surface area contributed by atoms with Gasteiger partial charge in [-0.2, -0.15) is 0 Å². The minimum Gasteiger partial charge on any atom is -0.465 e. The van der Waals surface area contributed by atoms with E-state index < -0.39 is 5.41 Å². The van der Waals surface area contributed by atoms with Crippen molar-refractivity contribution in [1.29, 1.82) is 0 Å². The van der Waals surface area contributed by atoms with E-state index in [1.807, 2.05) is 12.1 Å². The molecule has 2 saturated heterocycles. The zero-order valence-electron chi connectivity index (χ0n) is 14.5. The number of carbonyl (C=O) groups excluding carboxylic acids is 2. The number of fused-ring (bicyclic) bond motifs is 2. The molecule has 5 rings (SSSR count). The molecule has 0 amide bonds. The van der Waals surface area contributed by atoms with E-state index in [2.05, 4.69) is 0 Å². The van der Waals surface area contributed by atoms with Gasteiger partial charge in [-0.1, -0.05) is 42.1 Å². The molecule has 2 aliphatic heterocycles. The first-order valence-corrected chi connectivity index (χ1v) is 10.1. The molecule has 0 spiro atoms. The molecule has 2 heterocycles. The number of esters is 2. The number of cyclic esters (lactones) is 2. The highest BCUT2D eigenvalue weighted by Gasteiger charge is 2.56. The van der Waals surface area contributed by atoms with E-state index in [9.17, 15) is 9.59 Å². The average molecular weight is 397 g/mol. The maximum absolute atomic E-state index is 12.1. The van der Waals surface area contributed by atoms with E-state index in [1.54, 1.807) is 6.07 Å². The van der Waals surface area contributed by atoms with Crippen LogP contribution in [-0.4, -0.2) is 25.2 Å². The Hall–Kier alpha value is -1.26. The lowest BCUT2D eigenvalue weighted by atomic mass is 9.74. The van der Waals surface area contributed by atoms with Gasteiger partial charge in [0, 0.05) is 11.8 Å². The van der Waals surface area contributed by atoms with Crippen LogP contribution in [-0.2, 0) is 24.5 Å². The number of hydrogen-bond acceptors (Lipinski definition) is 4. The highest BCUT2D eigenvalue weighted by atomic mass is 35.5. The minimum atomic E-state index is -0.464. The molecule has 2 unspecified atom stereocenters. The lowest BCUT2D eigenvalue weighted by Gasteiger charge is -2.25. The molecular weight excluding hydrogens is 375 g/mol. The molecule has 2 saturated carbocycles. The van der Waals surface area contributed by atoms with Crippen LogP contribution < -0.4 is 0 Å². The van der Waals surface area contributed by atoms with Gasteiger partial charge in [-0.25, -0.2) is 0 Å². The van der Waals surface area contributed by atoms with Crippen LogP contribution in [0, 0.1) is 17.8 Å². The fourth-order valence-electron chi connectivity index (χ4n) is 4.99. The summed E-state index contributed by atoms with van der Waals surface area (Å²) in [5, 5.41) is 1.02. The Morgan fingerprint density at radius 1 is 0.962 bits per heavy atom. The first-order chi connectivity index (χ1) is 12.5. The predicted octanol–water partition coefficient (Wildman–Crippen LogP) is 4.55. The first-order valence-electron chi connectivity index (χ1n) is 9.32. The van der Waals surface area contributed by atoms with E-state index in [1.165, 1.54) is 12.8 Å². The summed E-state index contributed by atoms with van der Waals surface area (Å²) in [7, 11) is 0. The topological polar surface area (TPSA) is 52.6 Å². The lowest BCUT2D eigenvalue weighted by molar-refractivity contribution is -0.143. The average Bonchev–Trinajstić information content (AvgIpc) is 3.37. The van der Waals surface area contributed by atoms with Crippen molar-refractivity contribution < 1.29 is 19.1 Å². The van der Waals surface area contributed by atoms with Gasteiger partial charge in [0.2, 0.25) is 0 Å². The Morgan fingerprint density at radius 3 is 2.58 bits per heavy atom. The molecule has 140 valence electrons. The smallest absolute Gasteiger partial charge is 0.316 e. The van der Waals surface area contributed by atoms with Crippen molar-refractivity contribution >= 4 is 35.1 Å². The van der Waals surface area contributed by atoms with Crippen LogP contribution in [0.5, 0.6) is 0 Å². The number of halogens is 2. The maximum atomic E-state index is 12.1. The molecule has 6 heteroatoms. The van der Waals surface area contributed by atoms with Crippen molar-refractivity contribution in [2.24, 2.45) is 17.8 Å². The Labute approximate surface area is 163 Å². The van der Waals surface area contributed by atoms with Crippen molar-refractivity contribution in [2.45, 2.75) is 43.9 Å². The van der Waals surface area contributed by atoms with Gasteiger partial charge in [0.25, 0.3) is 0 Å². The molecule has 0 N–H and O–H groups in total. The van der Waals surface area contributed by atoms with Crippen LogP contribution in [0.1, 0.15) is 44.1 Å². The van der Waals surface area contributed by atoms with Crippen molar-refractivity contribution in [3.63, 3.8) is 0 Å². The Bertz CT molecular complexity index is 735. The van der Waals surface area contributed by atoms with Crippen LogP contribution in [0.25, 0.3) is 0 Å². The largest absolute Gasteiger partial charge is 0.465 e. The summed E-state index contributed by atoms with van der Waals surface area (Å²) in [5.74, 6) is 1.12. The summed E-state index contributed by atoms with van der Waals surface area (Å²) >= 11 is 12.0. The zero-order chi connectivity index (χ0) is 18.3. The lowest BCUT2D eigenvalue weighted by Crippen LogP contribution is -2.33. The highest BCUT2D eigenvalue weighted by Crippen LogP contribution is 2.51. The molecule has 0 bridgehead atoms. The molecule has 1 aromatic rings. The number of ether oxygens (including phenoxy) is 2. The second-order valence-electron chi connectivity index (χ2n) is 7.72. The van der Waals surface area contributed by atoms with Crippen LogP contribution in [0.2, 0.25) is 10.0 Å². The highest BCUT2D eigenvalue weighted by molar-refractivity contribution is 6.42. The van der Waals surface area contributed by atoms with E-state index in [4.69, 9.17) is 32.7 Å². The molecule has 4 nitrogen and oxygen atoms in total. The Kier molecular flexibility index (Phi) is 4.91. The summed E-state index contributed by atoms with van der Waals surface area (Å²) in [5.41, 5.74) is 0.491. The number of rotatable bonds is 1. The summed E-state index contributed by atoms with van der Waals surface area (Å²) in [6, 6.07) is 5.48. The first kappa shape index (κ1) is 18.1. The summed E-state index contributed by atoms with van der Waals surface area (Å²) in [6.45, 7) is 1.24. The van der Waals surface area contributed by atoms with Gasteiger partial charge < -0.3 is 9.47 Å². The van der Waals surface area contributed by atoms with E-state index in [-0.39, 0.29) is 17.9 Å². The van der Waals surface area contributed by atoms with Crippen molar-refractivity contribution in [3.05, 3.63) is 33.8 Å². The third-order valence-corrected chi connectivity index (χ3v) is 7.18. The van der Waals surface area contributed by atoms with Crippen LogP contribution in [0.4, 0.5) is 0 Å². The second-order valence-corrected chi connectivity index (χ2v) is 8.53. The fraction of sp³-hybridized carbons (Fsp3) is 0.600. The minimum absolute atomic E-state index is 0.0532. The predicted molar refractivity (Wildman–Crippen MR) is 98.2 cm³/mol. The van der Waals surface area contributed by atoms with Crippen molar-refractivity contribution in [1.82, 2.24) is 0 Å².